The van der Waals surface area contributed by atoms with E-state index in [0.717, 1.165) is 0 Å². The van der Waals surface area contributed by atoms with Gasteiger partial charge in [0.1, 0.15) is 0 Å². The largest absolute Gasteiger partial charge is 0.310 e. The van der Waals surface area contributed by atoms with Crippen molar-refractivity contribution in [1.29, 1.82) is 0 Å². The van der Waals surface area contributed by atoms with Crippen molar-refractivity contribution in [2.45, 2.75) is 32.7 Å². The molecule has 2 rings (SSSR count). The van der Waals surface area contributed by atoms with Crippen LogP contribution in [0, 0.1) is 13.8 Å². The van der Waals surface area contributed by atoms with Gasteiger partial charge in [0.05, 0.1) is 0 Å². The van der Waals surface area contributed by atoms with Crippen LogP contribution in [0.2, 0.25) is 0 Å². The molecule has 0 radical (unpaired) electrons. The Hall–Kier alpha value is -0.820. The molecule has 1 fully saturated rings. The number of rotatable bonds is 1. The molecule has 1 N–H and O–H groups in total. The van der Waals surface area contributed by atoms with Crippen molar-refractivity contribution < 1.29 is 0 Å². The molecule has 1 atom stereocenters. The van der Waals surface area contributed by atoms with Crippen molar-refractivity contribution >= 4 is 0 Å². The lowest BCUT2D eigenvalue weighted by atomic mass is 10.0. The Labute approximate surface area is 80.2 Å². The lowest BCUT2D eigenvalue weighted by Crippen LogP contribution is -2.12. The zero-order valence-corrected chi connectivity index (χ0v) is 8.43. The predicted molar refractivity (Wildman–Crippen MR) is 55.9 cm³/mol. The minimum atomic E-state index is 0.610. The Morgan fingerprint density at radius 3 is 2.38 bits per heavy atom. The Morgan fingerprint density at radius 2 is 1.85 bits per heavy atom. The fraction of sp³-hybridized carbons (Fsp3) is 0.500. The van der Waals surface area contributed by atoms with Crippen molar-refractivity contribution in [3.63, 3.8) is 0 Å². The second-order valence-electron chi connectivity index (χ2n) is 4.07. The molecule has 13 heavy (non-hydrogen) atoms. The van der Waals surface area contributed by atoms with Gasteiger partial charge >= 0.3 is 0 Å². The van der Waals surface area contributed by atoms with E-state index in [1.165, 1.54) is 36.1 Å². The predicted octanol–water partition coefficient (Wildman–Crippen LogP) is 2.73. The smallest absolute Gasteiger partial charge is 0.0320 e. The van der Waals surface area contributed by atoms with Crippen LogP contribution in [0.15, 0.2) is 18.2 Å². The van der Waals surface area contributed by atoms with Crippen LogP contribution in [0.4, 0.5) is 0 Å². The summed E-state index contributed by atoms with van der Waals surface area (Å²) in [4.78, 5) is 0. The molecule has 1 aromatic rings. The Kier molecular flexibility index (Phi) is 2.36. The minimum Gasteiger partial charge on any atom is -0.310 e. The molecule has 0 bridgehead atoms. The third-order valence-corrected chi connectivity index (χ3v) is 2.71. The summed E-state index contributed by atoms with van der Waals surface area (Å²) in [5, 5.41) is 3.53. The van der Waals surface area contributed by atoms with Gasteiger partial charge in [-0.1, -0.05) is 29.3 Å². The summed E-state index contributed by atoms with van der Waals surface area (Å²) >= 11 is 0. The van der Waals surface area contributed by atoms with E-state index >= 15 is 0 Å². The molecular formula is C12H17N. The zero-order chi connectivity index (χ0) is 9.26. The van der Waals surface area contributed by atoms with E-state index in [9.17, 15) is 0 Å². The molecule has 0 saturated carbocycles. The first-order valence-electron chi connectivity index (χ1n) is 5.07. The highest BCUT2D eigenvalue weighted by Crippen LogP contribution is 2.24. The average Bonchev–Trinajstić information content (AvgIpc) is 2.53. The van der Waals surface area contributed by atoms with Gasteiger partial charge in [-0.2, -0.15) is 0 Å². The summed E-state index contributed by atoms with van der Waals surface area (Å²) in [5.74, 6) is 0. The summed E-state index contributed by atoms with van der Waals surface area (Å²) in [6, 6.07) is 7.45. The van der Waals surface area contributed by atoms with Crippen LogP contribution >= 0.6 is 0 Å². The van der Waals surface area contributed by atoms with Gasteiger partial charge in [0, 0.05) is 6.04 Å². The third kappa shape index (κ3) is 1.92. The molecule has 0 aromatic heterocycles. The van der Waals surface area contributed by atoms with Crippen LogP contribution in [0.3, 0.4) is 0 Å². The zero-order valence-electron chi connectivity index (χ0n) is 8.43. The maximum Gasteiger partial charge on any atom is 0.0320 e. The fourth-order valence-electron chi connectivity index (χ4n) is 2.18. The molecule has 1 aromatic carbocycles. The van der Waals surface area contributed by atoms with Gasteiger partial charge in [-0.05, 0) is 38.8 Å². The van der Waals surface area contributed by atoms with Crippen LogP contribution in [0.1, 0.15) is 35.6 Å². The van der Waals surface area contributed by atoms with Crippen molar-refractivity contribution in [3.05, 3.63) is 34.9 Å². The molecule has 1 heterocycles. The highest BCUT2D eigenvalue weighted by atomic mass is 14.9. The number of nitrogens with one attached hydrogen (secondary N) is 1. The van der Waals surface area contributed by atoms with Gasteiger partial charge in [-0.3, -0.25) is 0 Å². The molecule has 70 valence electrons. The molecule has 0 amide bonds. The maximum absolute atomic E-state index is 3.53. The second kappa shape index (κ2) is 3.51. The van der Waals surface area contributed by atoms with E-state index in [4.69, 9.17) is 0 Å². The molecule has 0 aliphatic carbocycles. The van der Waals surface area contributed by atoms with E-state index in [2.05, 4.69) is 37.4 Å². The van der Waals surface area contributed by atoms with Crippen LogP contribution in [0.25, 0.3) is 0 Å². The number of hydrogen-bond donors (Lipinski definition) is 1. The SMILES string of the molecule is Cc1cc(C)cc([C@H]2CCCN2)c1. The molecule has 1 saturated heterocycles. The quantitative estimate of drug-likeness (QED) is 0.692. The van der Waals surface area contributed by atoms with Gasteiger partial charge < -0.3 is 5.32 Å². The van der Waals surface area contributed by atoms with Crippen LogP contribution in [-0.4, -0.2) is 6.54 Å². The molecule has 0 spiro atoms. The molecule has 1 nitrogen and oxygen atoms in total. The number of benzene rings is 1. The number of aryl methyl sites for hydroxylation is 2. The van der Waals surface area contributed by atoms with Gasteiger partial charge in [0.15, 0.2) is 0 Å². The lowest BCUT2D eigenvalue weighted by Gasteiger charge is -2.12. The first-order valence-corrected chi connectivity index (χ1v) is 5.07. The second-order valence-corrected chi connectivity index (χ2v) is 4.07. The van der Waals surface area contributed by atoms with E-state index in [-0.39, 0.29) is 0 Å². The highest BCUT2D eigenvalue weighted by molar-refractivity contribution is 5.31. The monoisotopic (exact) mass is 175 g/mol. The van der Waals surface area contributed by atoms with Gasteiger partial charge in [0.25, 0.3) is 0 Å². The van der Waals surface area contributed by atoms with Crippen LogP contribution in [0.5, 0.6) is 0 Å². The van der Waals surface area contributed by atoms with E-state index < -0.39 is 0 Å². The molecule has 1 aliphatic rings. The summed E-state index contributed by atoms with van der Waals surface area (Å²) in [6.45, 7) is 5.52. The summed E-state index contributed by atoms with van der Waals surface area (Å²) < 4.78 is 0. The Balaban J connectivity index is 2.28. The Morgan fingerprint density at radius 1 is 1.15 bits per heavy atom. The number of hydrogen-bond acceptors (Lipinski definition) is 1. The van der Waals surface area contributed by atoms with Crippen molar-refractivity contribution in [2.24, 2.45) is 0 Å². The van der Waals surface area contributed by atoms with E-state index in [1.807, 2.05) is 0 Å². The van der Waals surface area contributed by atoms with Gasteiger partial charge in [-0.25, -0.2) is 0 Å². The summed E-state index contributed by atoms with van der Waals surface area (Å²) in [7, 11) is 0. The van der Waals surface area contributed by atoms with Gasteiger partial charge in [-0.15, -0.1) is 0 Å². The van der Waals surface area contributed by atoms with Crippen molar-refractivity contribution in [3.8, 4) is 0 Å². The lowest BCUT2D eigenvalue weighted by molar-refractivity contribution is 0.647. The summed E-state index contributed by atoms with van der Waals surface area (Å²) in [5.41, 5.74) is 4.22. The van der Waals surface area contributed by atoms with E-state index in [1.54, 1.807) is 0 Å². The topological polar surface area (TPSA) is 12.0 Å². The highest BCUT2D eigenvalue weighted by Gasteiger charge is 2.15. The van der Waals surface area contributed by atoms with Gasteiger partial charge in [0.2, 0.25) is 0 Å². The van der Waals surface area contributed by atoms with Crippen molar-refractivity contribution in [1.82, 2.24) is 5.32 Å². The fourth-order valence-corrected chi connectivity index (χ4v) is 2.18. The Bertz CT molecular complexity index is 278. The third-order valence-electron chi connectivity index (χ3n) is 2.71. The average molecular weight is 175 g/mol. The van der Waals surface area contributed by atoms with E-state index in [0.29, 0.717) is 6.04 Å². The minimum absolute atomic E-state index is 0.610. The molecule has 1 heteroatoms. The van der Waals surface area contributed by atoms with Crippen molar-refractivity contribution in [2.75, 3.05) is 6.54 Å². The molecular weight excluding hydrogens is 158 g/mol. The maximum atomic E-state index is 3.53. The first-order chi connectivity index (χ1) is 6.25. The molecule has 1 aliphatic heterocycles. The normalized spacial score (nSPS) is 22.2. The standard InChI is InChI=1S/C12H17N/c1-9-6-10(2)8-11(7-9)12-4-3-5-13-12/h6-8,12-13H,3-5H2,1-2H3/t12-/m1/s1. The van der Waals surface area contributed by atoms with Crippen LogP contribution in [-0.2, 0) is 0 Å². The first kappa shape index (κ1) is 8.76. The van der Waals surface area contributed by atoms with Crippen LogP contribution < -0.4 is 5.32 Å². The molecule has 0 unspecified atom stereocenters. The summed E-state index contributed by atoms with van der Waals surface area (Å²) in [6.07, 6.45) is 2.61.